The highest BCUT2D eigenvalue weighted by Gasteiger charge is 2.30. The van der Waals surface area contributed by atoms with E-state index in [0.29, 0.717) is 18.1 Å². The zero-order valence-corrected chi connectivity index (χ0v) is 15.6. The van der Waals surface area contributed by atoms with E-state index in [1.165, 1.54) is 11.6 Å². The van der Waals surface area contributed by atoms with Crippen LogP contribution in [0.15, 0.2) is 66.9 Å². The van der Waals surface area contributed by atoms with Crippen molar-refractivity contribution in [2.24, 2.45) is 0 Å². The molecule has 3 aromatic rings. The molecule has 1 aliphatic heterocycles. The molecule has 0 unspecified atom stereocenters. The number of pyridine rings is 1. The first-order valence-corrected chi connectivity index (χ1v) is 9.40. The van der Waals surface area contributed by atoms with Crippen molar-refractivity contribution in [1.29, 1.82) is 0 Å². The number of anilines is 2. The first-order chi connectivity index (χ1) is 14.0. The summed E-state index contributed by atoms with van der Waals surface area (Å²) in [6.07, 6.45) is 1.04. The van der Waals surface area contributed by atoms with E-state index >= 15 is 0 Å². The molecule has 4 rings (SSSR count). The Hall–Kier alpha value is -3.28. The molecule has 1 aromatic heterocycles. The summed E-state index contributed by atoms with van der Waals surface area (Å²) in [7, 11) is 0. The number of hydrogen-bond donors (Lipinski definition) is 2. The lowest BCUT2D eigenvalue weighted by Gasteiger charge is -2.19. The van der Waals surface area contributed by atoms with Crippen LogP contribution in [0, 0.1) is 0 Å². The van der Waals surface area contributed by atoms with Gasteiger partial charge in [0, 0.05) is 23.5 Å². The van der Waals surface area contributed by atoms with Crippen molar-refractivity contribution < 1.29 is 13.2 Å². The Morgan fingerprint density at radius 1 is 0.966 bits per heavy atom. The third-order valence-electron chi connectivity index (χ3n) is 4.84. The average Bonchev–Trinajstić information content (AvgIpc) is 2.73. The lowest BCUT2D eigenvalue weighted by atomic mass is 10.0. The second-order valence-electron chi connectivity index (χ2n) is 6.93. The smallest absolute Gasteiger partial charge is 0.387 e. The number of nitrogens with one attached hydrogen (secondary N) is 2. The standard InChI is InChI=1S/C23H20F3N3/c24-23(25,26)18-7-4-8-19(14-18)28-22-21-15-27-12-11-17(21)13-20(29-22)10-9-16-5-2-1-3-6-16/h1-8,11-14,27H,9-10,15H2,(H,28,29). The molecule has 0 aliphatic carbocycles. The maximum atomic E-state index is 13.0. The van der Waals surface area contributed by atoms with Gasteiger partial charge in [-0.05, 0) is 60.5 Å². The van der Waals surface area contributed by atoms with Crippen LogP contribution in [0.25, 0.3) is 6.08 Å². The second-order valence-corrected chi connectivity index (χ2v) is 6.93. The van der Waals surface area contributed by atoms with Gasteiger partial charge in [0.15, 0.2) is 0 Å². The third kappa shape index (κ3) is 4.59. The lowest BCUT2D eigenvalue weighted by molar-refractivity contribution is -0.137. The van der Waals surface area contributed by atoms with Gasteiger partial charge in [0.2, 0.25) is 0 Å². The van der Waals surface area contributed by atoms with Crippen LogP contribution in [0.3, 0.4) is 0 Å². The summed E-state index contributed by atoms with van der Waals surface area (Å²) in [5, 5.41) is 6.24. The van der Waals surface area contributed by atoms with Crippen LogP contribution in [0.2, 0.25) is 0 Å². The molecular weight excluding hydrogens is 375 g/mol. The first kappa shape index (κ1) is 19.1. The predicted octanol–water partition coefficient (Wildman–Crippen LogP) is 5.70. The summed E-state index contributed by atoms with van der Waals surface area (Å²) in [5.74, 6) is 0.585. The molecular formula is C23H20F3N3. The number of aromatic nitrogens is 1. The molecule has 0 bridgehead atoms. The molecule has 3 nitrogen and oxygen atoms in total. The number of rotatable bonds is 5. The zero-order valence-electron chi connectivity index (χ0n) is 15.6. The first-order valence-electron chi connectivity index (χ1n) is 9.40. The molecule has 0 saturated heterocycles. The monoisotopic (exact) mass is 395 g/mol. The van der Waals surface area contributed by atoms with Crippen molar-refractivity contribution >= 4 is 17.6 Å². The molecule has 1 aliphatic rings. The van der Waals surface area contributed by atoms with Crippen LogP contribution in [0.1, 0.15) is 27.9 Å². The molecule has 0 atom stereocenters. The molecule has 148 valence electrons. The van der Waals surface area contributed by atoms with Gasteiger partial charge >= 0.3 is 6.18 Å². The number of alkyl halides is 3. The van der Waals surface area contributed by atoms with Gasteiger partial charge in [-0.3, -0.25) is 0 Å². The highest BCUT2D eigenvalue weighted by atomic mass is 19.4. The highest BCUT2D eigenvalue weighted by Crippen LogP contribution is 2.32. The van der Waals surface area contributed by atoms with E-state index < -0.39 is 11.7 Å². The third-order valence-corrected chi connectivity index (χ3v) is 4.84. The number of aryl methyl sites for hydroxylation is 2. The fraction of sp³-hybridized carbons (Fsp3) is 0.174. The van der Waals surface area contributed by atoms with Gasteiger partial charge in [0.25, 0.3) is 0 Å². The average molecular weight is 395 g/mol. The van der Waals surface area contributed by atoms with Crippen molar-refractivity contribution in [3.05, 3.63) is 94.8 Å². The quantitative estimate of drug-likeness (QED) is 0.582. The summed E-state index contributed by atoms with van der Waals surface area (Å²) in [4.78, 5) is 4.72. The maximum absolute atomic E-state index is 13.0. The van der Waals surface area contributed by atoms with Gasteiger partial charge in [-0.2, -0.15) is 13.2 Å². The molecule has 29 heavy (non-hydrogen) atoms. The van der Waals surface area contributed by atoms with E-state index in [4.69, 9.17) is 4.98 Å². The normalized spacial score (nSPS) is 12.9. The lowest BCUT2D eigenvalue weighted by Crippen LogP contribution is -2.15. The number of benzene rings is 2. The molecule has 0 spiro atoms. The van der Waals surface area contributed by atoms with Crippen LogP contribution in [-0.2, 0) is 25.6 Å². The van der Waals surface area contributed by atoms with Crippen molar-refractivity contribution in [2.45, 2.75) is 25.6 Å². The molecule has 2 N–H and O–H groups in total. The van der Waals surface area contributed by atoms with Gasteiger partial charge in [0.1, 0.15) is 5.82 Å². The van der Waals surface area contributed by atoms with E-state index in [2.05, 4.69) is 22.8 Å². The Morgan fingerprint density at radius 2 is 1.79 bits per heavy atom. The maximum Gasteiger partial charge on any atom is 0.416 e. The Balaban J connectivity index is 1.63. The molecule has 0 amide bonds. The highest BCUT2D eigenvalue weighted by molar-refractivity contribution is 5.68. The van der Waals surface area contributed by atoms with E-state index in [0.717, 1.165) is 41.8 Å². The van der Waals surface area contributed by atoms with E-state index in [1.54, 1.807) is 6.07 Å². The topological polar surface area (TPSA) is 37.0 Å². The van der Waals surface area contributed by atoms with Gasteiger partial charge in [-0.1, -0.05) is 36.4 Å². The van der Waals surface area contributed by atoms with Crippen molar-refractivity contribution in [2.75, 3.05) is 5.32 Å². The SMILES string of the molecule is FC(F)(F)c1cccc(Nc2nc(CCc3ccccc3)cc3c2CNC=C3)c1. The van der Waals surface area contributed by atoms with Gasteiger partial charge in [-0.25, -0.2) is 4.98 Å². The van der Waals surface area contributed by atoms with Crippen LogP contribution in [0.4, 0.5) is 24.7 Å². The number of fused-ring (bicyclic) bond motifs is 1. The van der Waals surface area contributed by atoms with Crippen molar-refractivity contribution in [1.82, 2.24) is 10.3 Å². The van der Waals surface area contributed by atoms with Gasteiger partial charge < -0.3 is 10.6 Å². The van der Waals surface area contributed by atoms with E-state index in [-0.39, 0.29) is 0 Å². The summed E-state index contributed by atoms with van der Waals surface area (Å²) in [5.41, 5.74) is 3.76. The summed E-state index contributed by atoms with van der Waals surface area (Å²) in [6, 6.07) is 17.4. The van der Waals surface area contributed by atoms with Crippen LogP contribution in [0.5, 0.6) is 0 Å². The zero-order chi connectivity index (χ0) is 20.3. The Morgan fingerprint density at radius 3 is 2.59 bits per heavy atom. The van der Waals surface area contributed by atoms with Gasteiger partial charge in [0.05, 0.1) is 5.56 Å². The molecule has 6 heteroatoms. The molecule has 0 saturated carbocycles. The largest absolute Gasteiger partial charge is 0.416 e. The van der Waals surface area contributed by atoms with Crippen LogP contribution >= 0.6 is 0 Å². The fourth-order valence-corrected chi connectivity index (χ4v) is 3.35. The number of nitrogens with zero attached hydrogens (tertiary/aromatic N) is 1. The van der Waals surface area contributed by atoms with E-state index in [1.807, 2.05) is 36.5 Å². The Kier molecular flexibility index (Phi) is 5.25. The van der Waals surface area contributed by atoms with E-state index in [9.17, 15) is 13.2 Å². The Labute approximate surface area is 167 Å². The van der Waals surface area contributed by atoms with Gasteiger partial charge in [-0.15, -0.1) is 0 Å². The van der Waals surface area contributed by atoms with Crippen molar-refractivity contribution in [3.63, 3.8) is 0 Å². The minimum Gasteiger partial charge on any atom is -0.387 e. The molecule has 2 aromatic carbocycles. The minimum absolute atomic E-state index is 0.365. The minimum atomic E-state index is -4.38. The van der Waals surface area contributed by atoms with Crippen LogP contribution in [-0.4, -0.2) is 4.98 Å². The second kappa shape index (κ2) is 7.99. The summed E-state index contributed by atoms with van der Waals surface area (Å²) in [6.45, 7) is 0.569. The summed E-state index contributed by atoms with van der Waals surface area (Å²) < 4.78 is 39.1. The molecule has 0 fully saturated rings. The van der Waals surface area contributed by atoms with Crippen LogP contribution < -0.4 is 10.6 Å². The Bertz CT molecular complexity index is 1030. The van der Waals surface area contributed by atoms with Crippen molar-refractivity contribution in [3.8, 4) is 0 Å². The molecule has 2 heterocycles. The number of hydrogen-bond acceptors (Lipinski definition) is 3. The number of halogens is 3. The predicted molar refractivity (Wildman–Crippen MR) is 109 cm³/mol. The summed E-state index contributed by atoms with van der Waals surface area (Å²) >= 11 is 0. The molecule has 0 radical (unpaired) electrons. The fourth-order valence-electron chi connectivity index (χ4n) is 3.35.